The SMILES string of the molecule is C=CC(=O)NCCOCCOC(=O)C(=C)C. The van der Waals surface area contributed by atoms with E-state index in [0.29, 0.717) is 25.3 Å². The third kappa shape index (κ3) is 7.75. The maximum absolute atomic E-state index is 10.9. The number of carbonyl (C=O) groups excluding carboxylic acids is 2. The van der Waals surface area contributed by atoms with Gasteiger partial charge in [0.1, 0.15) is 6.61 Å². The Labute approximate surface area is 95.1 Å². The minimum atomic E-state index is -0.427. The second-order valence-corrected chi connectivity index (χ2v) is 3.02. The molecule has 0 saturated carbocycles. The first-order valence-electron chi connectivity index (χ1n) is 4.88. The number of rotatable bonds is 8. The van der Waals surface area contributed by atoms with E-state index in [2.05, 4.69) is 18.5 Å². The van der Waals surface area contributed by atoms with Gasteiger partial charge in [0.15, 0.2) is 0 Å². The van der Waals surface area contributed by atoms with Gasteiger partial charge in [-0.05, 0) is 13.0 Å². The lowest BCUT2D eigenvalue weighted by Crippen LogP contribution is -2.25. The summed E-state index contributed by atoms with van der Waals surface area (Å²) in [6.07, 6.45) is 1.19. The maximum atomic E-state index is 10.9. The largest absolute Gasteiger partial charge is 0.460 e. The van der Waals surface area contributed by atoms with Gasteiger partial charge >= 0.3 is 5.97 Å². The summed E-state index contributed by atoms with van der Waals surface area (Å²) in [5, 5.41) is 2.55. The lowest BCUT2D eigenvalue weighted by atomic mass is 10.4. The number of amides is 1. The molecule has 16 heavy (non-hydrogen) atoms. The molecule has 0 spiro atoms. The van der Waals surface area contributed by atoms with E-state index < -0.39 is 5.97 Å². The average molecular weight is 227 g/mol. The van der Waals surface area contributed by atoms with Crippen molar-refractivity contribution in [3.05, 3.63) is 24.8 Å². The maximum Gasteiger partial charge on any atom is 0.333 e. The standard InChI is InChI=1S/C11H17NO4/c1-4-10(13)12-5-6-15-7-8-16-11(14)9(2)3/h4H,1-2,5-8H2,3H3,(H,12,13). The molecule has 0 aromatic carbocycles. The fourth-order valence-electron chi connectivity index (χ4n) is 0.737. The highest BCUT2D eigenvalue weighted by Gasteiger charge is 2.01. The van der Waals surface area contributed by atoms with Gasteiger partial charge in [0, 0.05) is 12.1 Å². The molecule has 0 unspecified atom stereocenters. The van der Waals surface area contributed by atoms with Crippen LogP contribution in [0.5, 0.6) is 0 Å². The number of hydrogen-bond donors (Lipinski definition) is 1. The average Bonchev–Trinajstić information content (AvgIpc) is 2.26. The summed E-state index contributed by atoms with van der Waals surface area (Å²) in [6, 6.07) is 0. The van der Waals surface area contributed by atoms with Gasteiger partial charge in [-0.15, -0.1) is 0 Å². The van der Waals surface area contributed by atoms with Gasteiger partial charge in [-0.25, -0.2) is 4.79 Å². The first-order chi connectivity index (χ1) is 7.57. The van der Waals surface area contributed by atoms with Crippen molar-refractivity contribution >= 4 is 11.9 Å². The van der Waals surface area contributed by atoms with Crippen molar-refractivity contribution in [2.45, 2.75) is 6.92 Å². The third-order valence-electron chi connectivity index (χ3n) is 1.54. The van der Waals surface area contributed by atoms with E-state index in [1.165, 1.54) is 6.08 Å². The Balaban J connectivity index is 3.28. The predicted molar refractivity (Wildman–Crippen MR) is 59.8 cm³/mol. The Morgan fingerprint density at radius 3 is 2.56 bits per heavy atom. The van der Waals surface area contributed by atoms with E-state index in [1.807, 2.05) is 0 Å². The van der Waals surface area contributed by atoms with Gasteiger partial charge < -0.3 is 14.8 Å². The van der Waals surface area contributed by atoms with Crippen LogP contribution < -0.4 is 5.32 Å². The molecule has 0 aromatic rings. The molecule has 5 nitrogen and oxygen atoms in total. The van der Waals surface area contributed by atoms with Crippen LogP contribution in [0.25, 0.3) is 0 Å². The molecule has 5 heteroatoms. The van der Waals surface area contributed by atoms with Crippen LogP contribution in [0.15, 0.2) is 24.8 Å². The summed E-state index contributed by atoms with van der Waals surface area (Å²) in [4.78, 5) is 21.6. The number of nitrogens with one attached hydrogen (secondary N) is 1. The number of hydrogen-bond acceptors (Lipinski definition) is 4. The molecule has 0 aliphatic rings. The summed E-state index contributed by atoms with van der Waals surface area (Å²) in [5.74, 6) is -0.666. The van der Waals surface area contributed by atoms with Crippen LogP contribution in [0.1, 0.15) is 6.92 Å². The van der Waals surface area contributed by atoms with Crippen LogP contribution in [0.3, 0.4) is 0 Å². The summed E-state index contributed by atoms with van der Waals surface area (Å²) in [7, 11) is 0. The first kappa shape index (κ1) is 14.4. The second kappa shape index (κ2) is 8.67. The molecule has 1 N–H and O–H groups in total. The third-order valence-corrected chi connectivity index (χ3v) is 1.54. The van der Waals surface area contributed by atoms with Crippen LogP contribution in [0.2, 0.25) is 0 Å². The highest BCUT2D eigenvalue weighted by Crippen LogP contribution is 1.91. The fraction of sp³-hybridized carbons (Fsp3) is 0.455. The predicted octanol–water partition coefficient (Wildman–Crippen LogP) is 0.424. The van der Waals surface area contributed by atoms with Gasteiger partial charge in [0.05, 0.1) is 13.2 Å². The first-order valence-corrected chi connectivity index (χ1v) is 4.88. The smallest absolute Gasteiger partial charge is 0.333 e. The molecule has 0 aliphatic carbocycles. The van der Waals surface area contributed by atoms with Crippen molar-refractivity contribution < 1.29 is 19.1 Å². The molecule has 0 atom stereocenters. The van der Waals surface area contributed by atoms with Crippen molar-refractivity contribution in [3.63, 3.8) is 0 Å². The minimum absolute atomic E-state index is 0.182. The lowest BCUT2D eigenvalue weighted by molar-refractivity contribution is -0.140. The lowest BCUT2D eigenvalue weighted by Gasteiger charge is -2.06. The van der Waals surface area contributed by atoms with Crippen molar-refractivity contribution in [1.82, 2.24) is 5.32 Å². The molecule has 0 aliphatic heterocycles. The van der Waals surface area contributed by atoms with Gasteiger partial charge in [-0.1, -0.05) is 13.2 Å². The van der Waals surface area contributed by atoms with Crippen LogP contribution in [-0.2, 0) is 19.1 Å². The Morgan fingerprint density at radius 2 is 2.00 bits per heavy atom. The molecule has 0 fully saturated rings. The van der Waals surface area contributed by atoms with Crippen LogP contribution in [-0.4, -0.2) is 38.2 Å². The highest BCUT2D eigenvalue weighted by molar-refractivity contribution is 5.87. The summed E-state index contributed by atoms with van der Waals surface area (Å²) in [5.41, 5.74) is 0.359. The quantitative estimate of drug-likeness (QED) is 0.371. The minimum Gasteiger partial charge on any atom is -0.460 e. The molecule has 0 bridgehead atoms. The summed E-state index contributed by atoms with van der Waals surface area (Å²) >= 11 is 0. The van der Waals surface area contributed by atoms with E-state index in [0.717, 1.165) is 0 Å². The number of carbonyl (C=O) groups is 2. The second-order valence-electron chi connectivity index (χ2n) is 3.02. The highest BCUT2D eigenvalue weighted by atomic mass is 16.6. The van der Waals surface area contributed by atoms with Crippen molar-refractivity contribution in [1.29, 1.82) is 0 Å². The molecular formula is C11H17NO4. The van der Waals surface area contributed by atoms with E-state index in [1.54, 1.807) is 6.92 Å². The normalized spacial score (nSPS) is 9.31. The van der Waals surface area contributed by atoms with E-state index in [9.17, 15) is 9.59 Å². The fourth-order valence-corrected chi connectivity index (χ4v) is 0.737. The van der Waals surface area contributed by atoms with Crippen LogP contribution >= 0.6 is 0 Å². The van der Waals surface area contributed by atoms with Crippen LogP contribution in [0, 0.1) is 0 Å². The Hall–Kier alpha value is -1.62. The van der Waals surface area contributed by atoms with Crippen LogP contribution in [0.4, 0.5) is 0 Å². The molecular weight excluding hydrogens is 210 g/mol. The Morgan fingerprint density at radius 1 is 1.31 bits per heavy atom. The number of ether oxygens (including phenoxy) is 2. The molecule has 0 rings (SSSR count). The monoisotopic (exact) mass is 227 g/mol. The van der Waals surface area contributed by atoms with Crippen molar-refractivity contribution in [3.8, 4) is 0 Å². The van der Waals surface area contributed by atoms with Crippen molar-refractivity contribution in [2.24, 2.45) is 0 Å². The van der Waals surface area contributed by atoms with Gasteiger partial charge in [-0.3, -0.25) is 4.79 Å². The molecule has 1 amide bonds. The van der Waals surface area contributed by atoms with E-state index in [-0.39, 0.29) is 12.5 Å². The van der Waals surface area contributed by atoms with E-state index >= 15 is 0 Å². The molecule has 90 valence electrons. The molecule has 0 aromatic heterocycles. The molecule has 0 radical (unpaired) electrons. The zero-order valence-corrected chi connectivity index (χ0v) is 9.45. The Kier molecular flexibility index (Phi) is 7.79. The van der Waals surface area contributed by atoms with E-state index in [4.69, 9.17) is 9.47 Å². The molecule has 0 saturated heterocycles. The zero-order valence-electron chi connectivity index (χ0n) is 9.45. The zero-order chi connectivity index (χ0) is 12.4. The van der Waals surface area contributed by atoms with Gasteiger partial charge in [0.2, 0.25) is 5.91 Å². The summed E-state index contributed by atoms with van der Waals surface area (Å²) < 4.78 is 9.89. The Bertz CT molecular complexity index is 273. The number of esters is 1. The topological polar surface area (TPSA) is 64.6 Å². The summed E-state index contributed by atoms with van der Waals surface area (Å²) in [6.45, 7) is 9.57. The van der Waals surface area contributed by atoms with Gasteiger partial charge in [0.25, 0.3) is 0 Å². The molecule has 0 heterocycles. The van der Waals surface area contributed by atoms with Crippen molar-refractivity contribution in [2.75, 3.05) is 26.4 Å². The van der Waals surface area contributed by atoms with Gasteiger partial charge in [-0.2, -0.15) is 0 Å².